The van der Waals surface area contributed by atoms with Gasteiger partial charge in [0.25, 0.3) is 5.91 Å². The van der Waals surface area contributed by atoms with Crippen molar-refractivity contribution in [1.29, 1.82) is 0 Å². The Balaban J connectivity index is 1.39. The van der Waals surface area contributed by atoms with Crippen molar-refractivity contribution in [3.8, 4) is 5.75 Å². The van der Waals surface area contributed by atoms with Crippen LogP contribution in [0.25, 0.3) is 0 Å². The fourth-order valence-corrected chi connectivity index (χ4v) is 2.97. The zero-order chi connectivity index (χ0) is 19.9. The second-order valence-corrected chi connectivity index (χ2v) is 7.06. The van der Waals surface area contributed by atoms with E-state index in [1.54, 1.807) is 53.4 Å². The van der Waals surface area contributed by atoms with Crippen molar-refractivity contribution in [2.45, 2.75) is 12.8 Å². The molecular formula is C20H19BrN2O5. The molecule has 28 heavy (non-hydrogen) atoms. The van der Waals surface area contributed by atoms with Crippen molar-refractivity contribution in [3.05, 3.63) is 53.0 Å². The van der Waals surface area contributed by atoms with E-state index < -0.39 is 18.5 Å². The van der Waals surface area contributed by atoms with Crippen LogP contribution in [0.3, 0.4) is 0 Å². The quantitative estimate of drug-likeness (QED) is 0.660. The minimum absolute atomic E-state index is 0.110. The minimum atomic E-state index is -0.648. The van der Waals surface area contributed by atoms with Gasteiger partial charge in [-0.05, 0) is 55.0 Å². The molecule has 0 spiro atoms. The van der Waals surface area contributed by atoms with Gasteiger partial charge in [-0.2, -0.15) is 0 Å². The van der Waals surface area contributed by atoms with Crippen LogP contribution in [0.1, 0.15) is 12.8 Å². The highest BCUT2D eigenvalue weighted by atomic mass is 79.9. The van der Waals surface area contributed by atoms with Crippen molar-refractivity contribution in [2.75, 3.05) is 30.0 Å². The van der Waals surface area contributed by atoms with Crippen LogP contribution in [-0.4, -0.2) is 37.5 Å². The molecule has 2 amide bonds. The number of anilines is 2. The van der Waals surface area contributed by atoms with E-state index in [1.165, 1.54) is 0 Å². The van der Waals surface area contributed by atoms with Crippen LogP contribution in [0.5, 0.6) is 5.75 Å². The Morgan fingerprint density at radius 3 is 2.39 bits per heavy atom. The first-order chi connectivity index (χ1) is 13.5. The summed E-state index contributed by atoms with van der Waals surface area (Å²) in [6.45, 7) is 0.00943. The third kappa shape index (κ3) is 5.56. The lowest BCUT2D eigenvalue weighted by Crippen LogP contribution is -2.24. The third-order valence-corrected chi connectivity index (χ3v) is 4.60. The van der Waals surface area contributed by atoms with Crippen molar-refractivity contribution < 1.29 is 23.9 Å². The van der Waals surface area contributed by atoms with E-state index in [1.807, 2.05) is 0 Å². The lowest BCUT2D eigenvalue weighted by atomic mass is 10.3. The fraction of sp³-hybridized carbons (Fsp3) is 0.250. The third-order valence-electron chi connectivity index (χ3n) is 4.07. The van der Waals surface area contributed by atoms with Gasteiger partial charge in [0.05, 0.1) is 0 Å². The number of hydrogen-bond acceptors (Lipinski definition) is 5. The molecule has 0 aromatic heterocycles. The summed E-state index contributed by atoms with van der Waals surface area (Å²) in [4.78, 5) is 37.0. The van der Waals surface area contributed by atoms with Gasteiger partial charge in [-0.15, -0.1) is 0 Å². The number of ether oxygens (including phenoxy) is 2. The Morgan fingerprint density at radius 1 is 1.04 bits per heavy atom. The van der Waals surface area contributed by atoms with Crippen LogP contribution >= 0.6 is 15.9 Å². The van der Waals surface area contributed by atoms with E-state index in [-0.39, 0.29) is 12.5 Å². The average Bonchev–Trinajstić information content (AvgIpc) is 3.13. The second-order valence-electron chi connectivity index (χ2n) is 6.15. The van der Waals surface area contributed by atoms with Gasteiger partial charge in [-0.1, -0.05) is 15.9 Å². The van der Waals surface area contributed by atoms with Crippen LogP contribution in [0.2, 0.25) is 0 Å². The molecule has 146 valence electrons. The van der Waals surface area contributed by atoms with Crippen LogP contribution in [0.15, 0.2) is 53.0 Å². The average molecular weight is 447 g/mol. The number of rotatable bonds is 7. The van der Waals surface area contributed by atoms with Gasteiger partial charge in [-0.3, -0.25) is 9.59 Å². The van der Waals surface area contributed by atoms with E-state index in [0.29, 0.717) is 24.4 Å². The molecule has 0 bridgehead atoms. The summed E-state index contributed by atoms with van der Waals surface area (Å²) in [6.07, 6.45) is 1.43. The molecule has 1 saturated heterocycles. The predicted octanol–water partition coefficient (Wildman–Crippen LogP) is 3.14. The number of nitrogens with zero attached hydrogens (tertiary/aromatic N) is 1. The molecule has 8 heteroatoms. The lowest BCUT2D eigenvalue weighted by molar-refractivity contribution is -0.149. The molecule has 0 aliphatic carbocycles. The van der Waals surface area contributed by atoms with Crippen molar-refractivity contribution in [3.63, 3.8) is 0 Å². The second kappa shape index (κ2) is 9.36. The number of nitrogens with one attached hydrogen (secondary N) is 1. The normalized spacial score (nSPS) is 13.3. The highest BCUT2D eigenvalue weighted by Gasteiger charge is 2.21. The standard InChI is InChI=1S/C20H19BrN2O5/c21-14-3-5-15(6-4-14)22-18(24)12-28-20(26)13-27-17-9-7-16(8-10-17)23-11-1-2-19(23)25/h3-10H,1-2,11-13H2,(H,22,24). The molecule has 0 atom stereocenters. The SMILES string of the molecule is O=C(COC(=O)COc1ccc(N2CCCC2=O)cc1)Nc1ccc(Br)cc1. The summed E-state index contributed by atoms with van der Waals surface area (Å²) in [6, 6.07) is 14.0. The summed E-state index contributed by atoms with van der Waals surface area (Å²) in [7, 11) is 0. The maximum Gasteiger partial charge on any atom is 0.344 e. The Morgan fingerprint density at radius 2 is 1.75 bits per heavy atom. The van der Waals surface area contributed by atoms with Gasteiger partial charge in [0.15, 0.2) is 13.2 Å². The van der Waals surface area contributed by atoms with Gasteiger partial charge >= 0.3 is 5.97 Å². The van der Waals surface area contributed by atoms with Crippen molar-refractivity contribution >= 4 is 45.1 Å². The molecule has 7 nitrogen and oxygen atoms in total. The Bertz CT molecular complexity index is 852. The van der Waals surface area contributed by atoms with Crippen LogP contribution in [0.4, 0.5) is 11.4 Å². The molecule has 0 saturated carbocycles. The van der Waals surface area contributed by atoms with Crippen LogP contribution in [-0.2, 0) is 19.1 Å². The number of carbonyl (C=O) groups is 3. The van der Waals surface area contributed by atoms with Crippen molar-refractivity contribution in [2.24, 2.45) is 0 Å². The topological polar surface area (TPSA) is 84.9 Å². The molecule has 3 rings (SSSR count). The summed E-state index contributed by atoms with van der Waals surface area (Å²) in [5.41, 5.74) is 1.42. The van der Waals surface area contributed by atoms with Crippen molar-refractivity contribution in [1.82, 2.24) is 0 Å². The number of halogens is 1. The predicted molar refractivity (Wildman–Crippen MR) is 107 cm³/mol. The first-order valence-corrected chi connectivity index (χ1v) is 9.55. The maximum atomic E-state index is 11.8. The van der Waals surface area contributed by atoms with Crippen LogP contribution < -0.4 is 15.0 Å². The molecule has 2 aromatic rings. The molecule has 1 aliphatic heterocycles. The molecule has 0 unspecified atom stereocenters. The molecule has 1 N–H and O–H groups in total. The molecule has 2 aromatic carbocycles. The number of benzene rings is 2. The molecular weight excluding hydrogens is 428 g/mol. The number of hydrogen-bond donors (Lipinski definition) is 1. The zero-order valence-corrected chi connectivity index (χ0v) is 16.6. The maximum absolute atomic E-state index is 11.8. The number of carbonyl (C=O) groups excluding carboxylic acids is 3. The first kappa shape index (κ1) is 19.9. The minimum Gasteiger partial charge on any atom is -0.482 e. The van der Waals surface area contributed by atoms with Gasteiger partial charge in [0, 0.05) is 28.8 Å². The Labute approximate surface area is 170 Å². The Kier molecular flexibility index (Phi) is 6.65. The van der Waals surface area contributed by atoms with Gasteiger partial charge < -0.3 is 19.7 Å². The monoisotopic (exact) mass is 446 g/mol. The Hall–Kier alpha value is -2.87. The summed E-state index contributed by atoms with van der Waals surface area (Å²) >= 11 is 3.31. The molecule has 0 radical (unpaired) electrons. The van der Waals surface area contributed by atoms with Gasteiger partial charge in [0.1, 0.15) is 5.75 Å². The highest BCUT2D eigenvalue weighted by molar-refractivity contribution is 9.10. The van der Waals surface area contributed by atoms with Gasteiger partial charge in [-0.25, -0.2) is 4.79 Å². The summed E-state index contributed by atoms with van der Waals surface area (Å²) in [5.74, 6) is -0.495. The highest BCUT2D eigenvalue weighted by Crippen LogP contribution is 2.23. The molecule has 1 aliphatic rings. The number of esters is 1. The first-order valence-electron chi connectivity index (χ1n) is 8.75. The van der Waals surface area contributed by atoms with E-state index in [0.717, 1.165) is 16.6 Å². The van der Waals surface area contributed by atoms with E-state index in [4.69, 9.17) is 9.47 Å². The van der Waals surface area contributed by atoms with E-state index >= 15 is 0 Å². The summed E-state index contributed by atoms with van der Waals surface area (Å²) < 4.78 is 11.2. The largest absolute Gasteiger partial charge is 0.482 e. The smallest absolute Gasteiger partial charge is 0.344 e. The molecule has 1 fully saturated rings. The van der Waals surface area contributed by atoms with E-state index in [2.05, 4.69) is 21.2 Å². The lowest BCUT2D eigenvalue weighted by Gasteiger charge is -2.16. The summed E-state index contributed by atoms with van der Waals surface area (Å²) in [5, 5.41) is 2.62. The van der Waals surface area contributed by atoms with E-state index in [9.17, 15) is 14.4 Å². The van der Waals surface area contributed by atoms with Gasteiger partial charge in [0.2, 0.25) is 5.91 Å². The van der Waals surface area contributed by atoms with Crippen LogP contribution in [0, 0.1) is 0 Å². The fourth-order valence-electron chi connectivity index (χ4n) is 2.70. The molecule has 1 heterocycles. The zero-order valence-electron chi connectivity index (χ0n) is 15.0. The number of amides is 2.